The molecule has 0 saturated heterocycles. The summed E-state index contributed by atoms with van der Waals surface area (Å²) in [5, 5.41) is 0. The molecule has 110 valence electrons. The third-order valence-corrected chi connectivity index (χ3v) is 4.01. The third-order valence-electron chi connectivity index (χ3n) is 3.39. The van der Waals surface area contributed by atoms with Crippen molar-refractivity contribution >= 4 is 21.7 Å². The number of methoxy groups -OCH3 is 1. The molecule has 0 spiro atoms. The highest BCUT2D eigenvalue weighted by molar-refractivity contribution is 9.10. The van der Waals surface area contributed by atoms with Gasteiger partial charge in [0.15, 0.2) is 0 Å². The molecule has 0 heterocycles. The molecule has 2 aromatic rings. The maximum absolute atomic E-state index is 12.1. The van der Waals surface area contributed by atoms with Crippen molar-refractivity contribution in [2.24, 2.45) is 0 Å². The Morgan fingerprint density at radius 2 is 1.95 bits per heavy atom. The van der Waals surface area contributed by atoms with Gasteiger partial charge in [-0.3, -0.25) is 4.79 Å². The summed E-state index contributed by atoms with van der Waals surface area (Å²) >= 11 is 3.44. The molecule has 0 unspecified atom stereocenters. The summed E-state index contributed by atoms with van der Waals surface area (Å²) in [6, 6.07) is 14.1. The number of hydrogen-bond donors (Lipinski definition) is 0. The van der Waals surface area contributed by atoms with Gasteiger partial charge in [-0.15, -0.1) is 0 Å². The molecule has 0 atom stereocenters. The van der Waals surface area contributed by atoms with Crippen LogP contribution in [0.25, 0.3) is 0 Å². The van der Waals surface area contributed by atoms with E-state index in [4.69, 9.17) is 4.74 Å². The quantitative estimate of drug-likeness (QED) is 0.769. The summed E-state index contributed by atoms with van der Waals surface area (Å²) in [7, 11) is 1.63. The molecule has 0 amide bonds. The Bertz CT molecular complexity index is 635. The zero-order valence-corrected chi connectivity index (χ0v) is 13.9. The molecule has 0 aliphatic carbocycles. The summed E-state index contributed by atoms with van der Waals surface area (Å²) in [4.78, 5) is 12.1. The van der Waals surface area contributed by atoms with Crippen LogP contribution in [0.5, 0.6) is 5.75 Å². The molecular weight excluding hydrogens is 328 g/mol. The number of Topliss-reactive ketones (excluding diaryl/α,β-unsaturated/α-hetero) is 1. The number of ketones is 1. The van der Waals surface area contributed by atoms with E-state index in [9.17, 15) is 4.79 Å². The number of carbonyl (C=O) groups is 1. The van der Waals surface area contributed by atoms with Crippen molar-refractivity contribution in [2.45, 2.75) is 26.2 Å². The van der Waals surface area contributed by atoms with Crippen LogP contribution in [0.4, 0.5) is 0 Å². The molecule has 0 aliphatic rings. The summed E-state index contributed by atoms with van der Waals surface area (Å²) in [5.74, 6) is 1.04. The molecule has 0 aromatic heterocycles. The van der Waals surface area contributed by atoms with Crippen LogP contribution in [-0.4, -0.2) is 12.9 Å². The average molecular weight is 347 g/mol. The van der Waals surface area contributed by atoms with Crippen LogP contribution in [0.3, 0.4) is 0 Å². The van der Waals surface area contributed by atoms with E-state index in [2.05, 4.69) is 41.1 Å². The Labute approximate surface area is 134 Å². The van der Waals surface area contributed by atoms with Gasteiger partial charge in [0.2, 0.25) is 0 Å². The number of carbonyl (C=O) groups excluding carboxylic acids is 1. The molecule has 3 heteroatoms. The fourth-order valence-corrected chi connectivity index (χ4v) is 2.88. The Morgan fingerprint density at radius 3 is 2.62 bits per heavy atom. The number of ether oxygens (including phenoxy) is 1. The summed E-state index contributed by atoms with van der Waals surface area (Å²) in [6.45, 7) is 2.07. The van der Waals surface area contributed by atoms with Crippen LogP contribution in [0, 0.1) is 6.92 Å². The van der Waals surface area contributed by atoms with Crippen molar-refractivity contribution in [3.63, 3.8) is 0 Å². The maximum Gasteiger partial charge on any atom is 0.137 e. The van der Waals surface area contributed by atoms with Crippen molar-refractivity contribution in [1.29, 1.82) is 0 Å². The van der Waals surface area contributed by atoms with E-state index in [0.717, 1.165) is 22.2 Å². The second-order valence-electron chi connectivity index (χ2n) is 5.17. The molecule has 2 nitrogen and oxygen atoms in total. The first-order valence-corrected chi connectivity index (χ1v) is 7.77. The highest BCUT2D eigenvalue weighted by Gasteiger charge is 2.07. The first kappa shape index (κ1) is 15.8. The predicted octanol–water partition coefficient (Wildman–Crippen LogP) is 4.51. The number of halogens is 1. The van der Waals surface area contributed by atoms with Crippen molar-refractivity contribution in [3.8, 4) is 5.75 Å². The number of hydrogen-bond acceptors (Lipinski definition) is 2. The minimum absolute atomic E-state index is 0.258. The lowest BCUT2D eigenvalue weighted by Crippen LogP contribution is -2.04. The number of aryl methyl sites for hydroxylation is 2. The number of rotatable bonds is 6. The average Bonchev–Trinajstić information content (AvgIpc) is 2.45. The van der Waals surface area contributed by atoms with Crippen molar-refractivity contribution in [1.82, 2.24) is 0 Å². The SMILES string of the molecule is COc1ccc(CC(=O)CCc2cccc(C)c2)cc1Br. The van der Waals surface area contributed by atoms with Gasteiger partial charge in [0.1, 0.15) is 11.5 Å². The smallest absolute Gasteiger partial charge is 0.137 e. The lowest BCUT2D eigenvalue weighted by atomic mass is 10.0. The molecule has 0 fully saturated rings. The van der Waals surface area contributed by atoms with Crippen LogP contribution in [0.2, 0.25) is 0 Å². The van der Waals surface area contributed by atoms with E-state index in [1.807, 2.05) is 24.3 Å². The molecule has 0 N–H and O–H groups in total. The van der Waals surface area contributed by atoms with Crippen molar-refractivity contribution in [2.75, 3.05) is 7.11 Å². The van der Waals surface area contributed by atoms with Gasteiger partial charge < -0.3 is 4.74 Å². The van der Waals surface area contributed by atoms with E-state index < -0.39 is 0 Å². The largest absolute Gasteiger partial charge is 0.496 e. The lowest BCUT2D eigenvalue weighted by molar-refractivity contribution is -0.118. The van der Waals surface area contributed by atoms with Gasteiger partial charge in [-0.1, -0.05) is 35.9 Å². The van der Waals surface area contributed by atoms with Crippen LogP contribution in [0.1, 0.15) is 23.1 Å². The lowest BCUT2D eigenvalue weighted by Gasteiger charge is -2.06. The fraction of sp³-hybridized carbons (Fsp3) is 0.278. The van der Waals surface area contributed by atoms with Crippen molar-refractivity contribution < 1.29 is 9.53 Å². The van der Waals surface area contributed by atoms with E-state index in [0.29, 0.717) is 12.8 Å². The Kier molecular flexibility index (Phi) is 5.57. The van der Waals surface area contributed by atoms with Crippen molar-refractivity contribution in [3.05, 3.63) is 63.6 Å². The Morgan fingerprint density at radius 1 is 1.14 bits per heavy atom. The zero-order chi connectivity index (χ0) is 15.2. The third kappa shape index (κ3) is 4.71. The van der Waals surface area contributed by atoms with E-state index in [1.165, 1.54) is 11.1 Å². The van der Waals surface area contributed by atoms with Gasteiger partial charge in [0.05, 0.1) is 11.6 Å². The highest BCUT2D eigenvalue weighted by Crippen LogP contribution is 2.25. The van der Waals surface area contributed by atoms with E-state index >= 15 is 0 Å². The van der Waals surface area contributed by atoms with Gasteiger partial charge in [-0.05, 0) is 52.5 Å². The second-order valence-corrected chi connectivity index (χ2v) is 6.03. The Balaban J connectivity index is 1.91. The summed E-state index contributed by atoms with van der Waals surface area (Å²) < 4.78 is 6.07. The van der Waals surface area contributed by atoms with E-state index in [-0.39, 0.29) is 5.78 Å². The zero-order valence-electron chi connectivity index (χ0n) is 12.4. The maximum atomic E-state index is 12.1. The highest BCUT2D eigenvalue weighted by atomic mass is 79.9. The van der Waals surface area contributed by atoms with E-state index in [1.54, 1.807) is 7.11 Å². The van der Waals surface area contributed by atoms with Gasteiger partial charge in [0, 0.05) is 12.8 Å². The molecule has 2 rings (SSSR count). The molecular formula is C18H19BrO2. The molecule has 0 radical (unpaired) electrons. The Hall–Kier alpha value is -1.61. The van der Waals surface area contributed by atoms with Crippen LogP contribution < -0.4 is 4.74 Å². The summed E-state index contributed by atoms with van der Waals surface area (Å²) in [5.41, 5.74) is 3.47. The molecule has 21 heavy (non-hydrogen) atoms. The molecule has 0 bridgehead atoms. The topological polar surface area (TPSA) is 26.3 Å². The van der Waals surface area contributed by atoms with Crippen LogP contribution in [-0.2, 0) is 17.6 Å². The normalized spacial score (nSPS) is 10.4. The first-order chi connectivity index (χ1) is 10.1. The predicted molar refractivity (Wildman–Crippen MR) is 88.9 cm³/mol. The molecule has 0 saturated carbocycles. The fourth-order valence-electron chi connectivity index (χ4n) is 2.29. The molecule has 2 aromatic carbocycles. The minimum Gasteiger partial charge on any atom is -0.496 e. The number of benzene rings is 2. The van der Waals surface area contributed by atoms with Gasteiger partial charge in [-0.25, -0.2) is 0 Å². The van der Waals surface area contributed by atoms with Gasteiger partial charge in [0.25, 0.3) is 0 Å². The summed E-state index contributed by atoms with van der Waals surface area (Å²) in [6.07, 6.45) is 1.85. The van der Waals surface area contributed by atoms with Gasteiger partial charge in [-0.2, -0.15) is 0 Å². The van der Waals surface area contributed by atoms with Gasteiger partial charge >= 0.3 is 0 Å². The molecule has 0 aliphatic heterocycles. The standard InChI is InChI=1S/C18H19BrO2/c1-13-4-3-5-14(10-13)6-8-16(20)11-15-7-9-18(21-2)17(19)12-15/h3-5,7,9-10,12H,6,8,11H2,1-2H3. The van der Waals surface area contributed by atoms with Crippen LogP contribution in [0.15, 0.2) is 46.9 Å². The van der Waals surface area contributed by atoms with Crippen LogP contribution >= 0.6 is 15.9 Å². The minimum atomic E-state index is 0.258. The second kappa shape index (κ2) is 7.41. The first-order valence-electron chi connectivity index (χ1n) is 6.98. The monoisotopic (exact) mass is 346 g/mol.